The van der Waals surface area contributed by atoms with Gasteiger partial charge in [0.1, 0.15) is 0 Å². The van der Waals surface area contributed by atoms with Crippen LogP contribution in [-0.2, 0) is 4.79 Å². The summed E-state index contributed by atoms with van der Waals surface area (Å²) in [6.45, 7) is 12.5. The van der Waals surface area contributed by atoms with Gasteiger partial charge < -0.3 is 10.6 Å². The first kappa shape index (κ1) is 15.8. The lowest BCUT2D eigenvalue weighted by molar-refractivity contribution is -0.114. The molecule has 0 saturated carbocycles. The van der Waals surface area contributed by atoms with Crippen LogP contribution in [0.4, 0.5) is 0 Å². The lowest BCUT2D eigenvalue weighted by atomic mass is 9.97. The van der Waals surface area contributed by atoms with E-state index in [-0.39, 0.29) is 5.54 Å². The van der Waals surface area contributed by atoms with E-state index in [1.54, 1.807) is 0 Å². The molecule has 19 heavy (non-hydrogen) atoms. The van der Waals surface area contributed by atoms with Gasteiger partial charge in [-0.25, -0.2) is 0 Å². The van der Waals surface area contributed by atoms with E-state index in [1.807, 2.05) is 13.2 Å². The number of likely N-dealkylation sites (tertiary alicyclic amines) is 1. The number of nitrogens with two attached hydrogens (primary N) is 1. The van der Waals surface area contributed by atoms with Gasteiger partial charge >= 0.3 is 0 Å². The number of carbonyl (C=O) groups is 1. The van der Waals surface area contributed by atoms with Crippen molar-refractivity contribution >= 4 is 5.91 Å². The molecule has 4 nitrogen and oxygen atoms in total. The number of rotatable bonds is 4. The molecule has 0 radical (unpaired) electrons. The van der Waals surface area contributed by atoms with Gasteiger partial charge in [0.25, 0.3) is 0 Å². The molecule has 0 unspecified atom stereocenters. The van der Waals surface area contributed by atoms with E-state index in [0.717, 1.165) is 25.9 Å². The molecule has 0 spiro atoms. The van der Waals surface area contributed by atoms with E-state index in [0.29, 0.717) is 11.6 Å². The number of hydrogen-bond donors (Lipinski definition) is 1. The highest BCUT2D eigenvalue weighted by molar-refractivity contribution is 5.94. The summed E-state index contributed by atoms with van der Waals surface area (Å²) in [5.74, 6) is -0.422. The van der Waals surface area contributed by atoms with Crippen LogP contribution in [0.1, 0.15) is 33.6 Å². The second-order valence-corrected chi connectivity index (χ2v) is 6.21. The van der Waals surface area contributed by atoms with Crippen LogP contribution in [-0.4, -0.2) is 47.4 Å². The average molecular weight is 265 g/mol. The third-order valence-electron chi connectivity index (χ3n) is 3.84. The van der Waals surface area contributed by atoms with Crippen LogP contribution >= 0.6 is 0 Å². The largest absolute Gasteiger partial charge is 0.377 e. The highest BCUT2D eigenvalue weighted by Gasteiger charge is 2.28. The minimum absolute atomic E-state index is 0.235. The normalized spacial score (nSPS) is 19.3. The zero-order valence-corrected chi connectivity index (χ0v) is 12.6. The molecular formula is C15H27N3O. The van der Waals surface area contributed by atoms with Crippen molar-refractivity contribution in [2.45, 2.75) is 45.2 Å². The second-order valence-electron chi connectivity index (χ2n) is 6.21. The summed E-state index contributed by atoms with van der Waals surface area (Å²) >= 11 is 0. The van der Waals surface area contributed by atoms with Crippen molar-refractivity contribution in [3.05, 3.63) is 24.4 Å². The lowest BCUT2D eigenvalue weighted by Gasteiger charge is -2.43. The van der Waals surface area contributed by atoms with Gasteiger partial charge in [-0.15, -0.1) is 0 Å². The lowest BCUT2D eigenvalue weighted by Crippen LogP contribution is -2.49. The zero-order valence-electron chi connectivity index (χ0n) is 12.6. The first-order valence-electron chi connectivity index (χ1n) is 6.86. The van der Waals surface area contributed by atoms with E-state index in [2.05, 4.69) is 37.1 Å². The summed E-state index contributed by atoms with van der Waals surface area (Å²) in [5.41, 5.74) is 6.00. The van der Waals surface area contributed by atoms with Crippen molar-refractivity contribution in [2.24, 2.45) is 5.73 Å². The first-order valence-corrected chi connectivity index (χ1v) is 6.86. The highest BCUT2D eigenvalue weighted by atomic mass is 16.1. The van der Waals surface area contributed by atoms with Crippen molar-refractivity contribution in [1.29, 1.82) is 0 Å². The molecule has 0 bridgehead atoms. The summed E-state index contributed by atoms with van der Waals surface area (Å²) < 4.78 is 0. The molecular weight excluding hydrogens is 238 g/mol. The number of carbonyl (C=O) groups excluding carboxylic acids is 1. The first-order chi connectivity index (χ1) is 8.75. The third kappa shape index (κ3) is 4.39. The van der Waals surface area contributed by atoms with Gasteiger partial charge in [-0.1, -0.05) is 12.7 Å². The summed E-state index contributed by atoms with van der Waals surface area (Å²) in [4.78, 5) is 15.8. The number of piperidine rings is 1. The van der Waals surface area contributed by atoms with Gasteiger partial charge in [0, 0.05) is 37.9 Å². The minimum Gasteiger partial charge on any atom is -0.377 e. The van der Waals surface area contributed by atoms with Gasteiger partial charge in [-0.05, 0) is 33.6 Å². The van der Waals surface area contributed by atoms with Crippen LogP contribution in [0.15, 0.2) is 24.4 Å². The number of primary amides is 1. The molecule has 1 fully saturated rings. The quantitative estimate of drug-likeness (QED) is 0.622. The van der Waals surface area contributed by atoms with Crippen molar-refractivity contribution in [3.63, 3.8) is 0 Å². The van der Waals surface area contributed by atoms with Crippen molar-refractivity contribution in [3.8, 4) is 0 Å². The Morgan fingerprint density at radius 2 is 1.89 bits per heavy atom. The van der Waals surface area contributed by atoms with Crippen molar-refractivity contribution in [1.82, 2.24) is 9.80 Å². The van der Waals surface area contributed by atoms with E-state index in [4.69, 9.17) is 5.73 Å². The number of amides is 1. The van der Waals surface area contributed by atoms with Crippen LogP contribution in [0.5, 0.6) is 0 Å². The van der Waals surface area contributed by atoms with Crippen LogP contribution in [0.2, 0.25) is 0 Å². The van der Waals surface area contributed by atoms with Crippen LogP contribution < -0.4 is 5.73 Å². The van der Waals surface area contributed by atoms with Gasteiger partial charge in [-0.3, -0.25) is 9.69 Å². The van der Waals surface area contributed by atoms with Gasteiger partial charge in [-0.2, -0.15) is 0 Å². The molecule has 0 aliphatic carbocycles. The molecule has 1 rings (SSSR count). The third-order valence-corrected chi connectivity index (χ3v) is 3.84. The Bertz CT molecular complexity index is 360. The number of nitrogens with zero attached hydrogens (tertiary/aromatic N) is 2. The molecule has 0 aromatic carbocycles. The Balaban J connectivity index is 2.60. The predicted octanol–water partition coefficient (Wildman–Crippen LogP) is 1.74. The van der Waals surface area contributed by atoms with Crippen molar-refractivity contribution in [2.75, 3.05) is 20.1 Å². The van der Waals surface area contributed by atoms with E-state index < -0.39 is 5.91 Å². The Kier molecular flexibility index (Phi) is 5.18. The molecule has 1 heterocycles. The summed E-state index contributed by atoms with van der Waals surface area (Å²) in [6.07, 6.45) is 5.54. The van der Waals surface area contributed by atoms with E-state index in [1.165, 1.54) is 6.08 Å². The second kappa shape index (κ2) is 6.24. The maximum Gasteiger partial charge on any atom is 0.250 e. The highest BCUT2D eigenvalue weighted by Crippen LogP contribution is 2.22. The summed E-state index contributed by atoms with van der Waals surface area (Å²) in [7, 11) is 2.00. The standard InChI is InChI=1S/C15H27N3O/c1-6-12(14(16)19)11-17(5)13-7-9-18(10-8-13)15(2,3)4/h6,11,13H,1,7-10H2,2-5H3,(H2,16,19)/b12-11+. The average Bonchev–Trinajstić information content (AvgIpc) is 2.34. The van der Waals surface area contributed by atoms with Crippen LogP contribution in [0.25, 0.3) is 0 Å². The molecule has 0 atom stereocenters. The maximum atomic E-state index is 11.2. The van der Waals surface area contributed by atoms with Crippen LogP contribution in [0, 0.1) is 0 Å². The fraction of sp³-hybridized carbons (Fsp3) is 0.667. The maximum absolute atomic E-state index is 11.2. The van der Waals surface area contributed by atoms with Crippen molar-refractivity contribution < 1.29 is 4.79 Å². The summed E-state index contributed by atoms with van der Waals surface area (Å²) in [5, 5.41) is 0. The molecule has 0 aromatic rings. The topological polar surface area (TPSA) is 49.6 Å². The molecule has 108 valence electrons. The SMILES string of the molecule is C=C/C(=C\N(C)C1CCN(C(C)(C)C)CC1)C(N)=O. The smallest absolute Gasteiger partial charge is 0.250 e. The Morgan fingerprint density at radius 1 is 1.37 bits per heavy atom. The fourth-order valence-corrected chi connectivity index (χ4v) is 2.49. The van der Waals surface area contributed by atoms with Gasteiger partial charge in [0.2, 0.25) is 5.91 Å². The Morgan fingerprint density at radius 3 is 2.26 bits per heavy atom. The molecule has 4 heteroatoms. The predicted molar refractivity (Wildman–Crippen MR) is 79.6 cm³/mol. The zero-order chi connectivity index (χ0) is 14.6. The molecule has 1 amide bonds. The molecule has 2 N–H and O–H groups in total. The molecule has 1 saturated heterocycles. The summed E-state index contributed by atoms with van der Waals surface area (Å²) in [6, 6.07) is 0.466. The van der Waals surface area contributed by atoms with E-state index >= 15 is 0 Å². The molecule has 1 aliphatic rings. The Labute approximate surface area is 116 Å². The monoisotopic (exact) mass is 265 g/mol. The molecule has 1 aliphatic heterocycles. The van der Waals surface area contributed by atoms with Gasteiger partial charge in [0.15, 0.2) is 0 Å². The minimum atomic E-state index is -0.422. The van der Waals surface area contributed by atoms with E-state index in [9.17, 15) is 4.79 Å². The number of hydrogen-bond acceptors (Lipinski definition) is 3. The van der Waals surface area contributed by atoms with Crippen LogP contribution in [0.3, 0.4) is 0 Å². The fourth-order valence-electron chi connectivity index (χ4n) is 2.49. The van der Waals surface area contributed by atoms with Gasteiger partial charge in [0.05, 0.1) is 5.57 Å². The molecule has 0 aromatic heterocycles. The Hall–Kier alpha value is -1.29.